The number of rotatable bonds is 5. The molecule has 0 unspecified atom stereocenters. The first-order chi connectivity index (χ1) is 14.6. The molecule has 3 aromatic rings. The van der Waals surface area contributed by atoms with Crippen molar-refractivity contribution in [3.8, 4) is 0 Å². The number of hydrogen-bond acceptors (Lipinski definition) is 2. The highest BCUT2D eigenvalue weighted by molar-refractivity contribution is 6.30. The van der Waals surface area contributed by atoms with Gasteiger partial charge in [0.05, 0.1) is 24.7 Å². The van der Waals surface area contributed by atoms with Gasteiger partial charge in [0.15, 0.2) is 0 Å². The molecule has 2 N–H and O–H groups in total. The first-order valence-electron chi connectivity index (χ1n) is 10.5. The lowest BCUT2D eigenvalue weighted by Gasteiger charge is -2.28. The number of quaternary nitrogens is 1. The molecule has 4 nitrogen and oxygen atoms in total. The van der Waals surface area contributed by atoms with Crippen LogP contribution in [0.15, 0.2) is 71.8 Å². The first-order valence-corrected chi connectivity index (χ1v) is 10.9. The lowest BCUT2D eigenvalue weighted by atomic mass is 9.96. The molecule has 0 spiro atoms. The maximum absolute atomic E-state index is 12.6. The topological polar surface area (TPSA) is 45.9 Å². The summed E-state index contributed by atoms with van der Waals surface area (Å²) < 4.78 is 0. The zero-order valence-corrected chi connectivity index (χ0v) is 18.0. The van der Waals surface area contributed by atoms with Crippen LogP contribution in [0.1, 0.15) is 30.9 Å². The zero-order chi connectivity index (χ0) is 20.9. The van der Waals surface area contributed by atoms with Gasteiger partial charge in [-0.15, -0.1) is 0 Å². The number of hydrogen-bond donors (Lipinski definition) is 2. The molecule has 1 fully saturated rings. The Hall–Kier alpha value is -2.69. The van der Waals surface area contributed by atoms with Crippen LogP contribution in [-0.2, 0) is 11.3 Å². The van der Waals surface area contributed by atoms with Gasteiger partial charge in [0.25, 0.3) is 0 Å². The number of hydrazone groups is 1. The number of carbonyl (C=O) groups excluding carboxylic acids is 1. The first kappa shape index (κ1) is 20.6. The molecule has 1 amide bonds. The van der Waals surface area contributed by atoms with Gasteiger partial charge in [-0.05, 0) is 41.5 Å². The number of likely N-dealkylation sites (tertiary alicyclic amines) is 1. The molecule has 0 radical (unpaired) electrons. The molecule has 1 saturated heterocycles. The van der Waals surface area contributed by atoms with Gasteiger partial charge >= 0.3 is 0 Å². The smallest absolute Gasteiger partial charge is 0.243 e. The number of fused-ring (bicyclic) bond motifs is 1. The highest BCUT2D eigenvalue weighted by Gasteiger charge is 2.27. The maximum Gasteiger partial charge on any atom is 0.243 e. The van der Waals surface area contributed by atoms with E-state index in [0.717, 1.165) is 48.8 Å². The maximum atomic E-state index is 12.6. The highest BCUT2D eigenvalue weighted by atomic mass is 35.5. The number of nitrogens with one attached hydrogen (secondary N) is 2. The number of amides is 1. The van der Waals surface area contributed by atoms with Gasteiger partial charge < -0.3 is 4.90 Å². The highest BCUT2D eigenvalue weighted by Crippen LogP contribution is 2.16. The Kier molecular flexibility index (Phi) is 6.46. The van der Waals surface area contributed by atoms with Gasteiger partial charge in [-0.3, -0.25) is 4.79 Å². The fourth-order valence-electron chi connectivity index (χ4n) is 4.07. The number of carbonyl (C=O) groups is 1. The van der Waals surface area contributed by atoms with E-state index < -0.39 is 0 Å². The summed E-state index contributed by atoms with van der Waals surface area (Å²) in [5.41, 5.74) is 5.92. The molecule has 3 aromatic carbocycles. The minimum atomic E-state index is 0.0284. The molecule has 0 aromatic heterocycles. The fraction of sp³-hybridized carbons (Fsp3) is 0.280. The van der Waals surface area contributed by atoms with Gasteiger partial charge in [-0.1, -0.05) is 60.1 Å². The number of piperidine rings is 1. The largest absolute Gasteiger partial charge is 0.331 e. The Bertz CT molecular complexity index is 1050. The SMILES string of the molecule is C/C(=N/NC(=O)C1CC[NH+](Cc2ccc(Cl)cc2)CC1)c1ccc2ccccc2c1. The standard InChI is InChI=1S/C25H26ClN3O/c1-18(22-9-8-20-4-2-3-5-23(20)16-22)27-28-25(30)21-12-14-29(15-13-21)17-19-6-10-24(26)11-7-19/h2-11,16,21H,12-15,17H2,1H3,(H,28,30)/p+1/b27-18-. The second-order valence-corrected chi connectivity index (χ2v) is 8.50. The minimum absolute atomic E-state index is 0.0284. The van der Waals surface area contributed by atoms with Crippen molar-refractivity contribution in [2.75, 3.05) is 13.1 Å². The lowest BCUT2D eigenvalue weighted by Crippen LogP contribution is -3.11. The monoisotopic (exact) mass is 420 g/mol. The Morgan fingerprint density at radius 2 is 1.73 bits per heavy atom. The Morgan fingerprint density at radius 1 is 1.03 bits per heavy atom. The van der Waals surface area contributed by atoms with Crippen molar-refractivity contribution in [1.82, 2.24) is 5.43 Å². The summed E-state index contributed by atoms with van der Waals surface area (Å²) in [6, 6.07) is 22.5. The van der Waals surface area contributed by atoms with E-state index in [0.29, 0.717) is 0 Å². The summed E-state index contributed by atoms with van der Waals surface area (Å²) in [5, 5.41) is 7.51. The summed E-state index contributed by atoms with van der Waals surface area (Å²) in [4.78, 5) is 14.1. The van der Waals surface area contributed by atoms with Crippen molar-refractivity contribution in [2.24, 2.45) is 11.0 Å². The van der Waals surface area contributed by atoms with Crippen LogP contribution in [-0.4, -0.2) is 24.7 Å². The van der Waals surface area contributed by atoms with E-state index in [-0.39, 0.29) is 11.8 Å². The van der Waals surface area contributed by atoms with Gasteiger partial charge in [0.1, 0.15) is 6.54 Å². The predicted molar refractivity (Wildman–Crippen MR) is 123 cm³/mol. The van der Waals surface area contributed by atoms with Crippen molar-refractivity contribution in [3.05, 3.63) is 82.9 Å². The van der Waals surface area contributed by atoms with Crippen LogP contribution in [0, 0.1) is 5.92 Å². The van der Waals surface area contributed by atoms with Crippen molar-refractivity contribution in [3.63, 3.8) is 0 Å². The molecule has 30 heavy (non-hydrogen) atoms. The summed E-state index contributed by atoms with van der Waals surface area (Å²) >= 11 is 5.96. The van der Waals surface area contributed by atoms with E-state index >= 15 is 0 Å². The van der Waals surface area contributed by atoms with E-state index in [1.807, 2.05) is 37.3 Å². The molecular weight excluding hydrogens is 394 g/mol. The molecule has 1 aliphatic rings. The summed E-state index contributed by atoms with van der Waals surface area (Å²) in [7, 11) is 0. The number of nitrogens with zero attached hydrogens (tertiary/aromatic N) is 1. The summed E-state index contributed by atoms with van der Waals surface area (Å²) in [6.07, 6.45) is 1.78. The minimum Gasteiger partial charge on any atom is -0.331 e. The average molecular weight is 421 g/mol. The summed E-state index contributed by atoms with van der Waals surface area (Å²) in [6.45, 7) is 4.90. The van der Waals surface area contributed by atoms with E-state index in [2.05, 4.69) is 46.9 Å². The van der Waals surface area contributed by atoms with Gasteiger partial charge in [-0.25, -0.2) is 5.43 Å². The van der Waals surface area contributed by atoms with Crippen molar-refractivity contribution < 1.29 is 9.69 Å². The van der Waals surface area contributed by atoms with Crippen LogP contribution >= 0.6 is 11.6 Å². The normalized spacial score (nSPS) is 19.6. The third-order valence-electron chi connectivity index (χ3n) is 5.93. The molecule has 4 rings (SSSR count). The Labute approximate surface area is 182 Å². The van der Waals surface area contributed by atoms with Crippen LogP contribution in [0.25, 0.3) is 10.8 Å². The molecule has 154 valence electrons. The van der Waals surface area contributed by atoms with Crippen LogP contribution in [0.5, 0.6) is 0 Å². The van der Waals surface area contributed by atoms with E-state index in [1.54, 1.807) is 0 Å². The van der Waals surface area contributed by atoms with E-state index in [9.17, 15) is 4.79 Å². The second-order valence-electron chi connectivity index (χ2n) is 8.06. The van der Waals surface area contributed by atoms with Crippen LogP contribution in [0.4, 0.5) is 0 Å². The molecule has 0 saturated carbocycles. The van der Waals surface area contributed by atoms with E-state index in [4.69, 9.17) is 11.6 Å². The third-order valence-corrected chi connectivity index (χ3v) is 6.18. The van der Waals surface area contributed by atoms with Gasteiger partial charge in [0.2, 0.25) is 5.91 Å². The molecule has 1 heterocycles. The fourth-order valence-corrected chi connectivity index (χ4v) is 4.19. The average Bonchev–Trinajstić information content (AvgIpc) is 2.79. The van der Waals surface area contributed by atoms with Crippen LogP contribution < -0.4 is 10.3 Å². The molecule has 0 aliphatic carbocycles. The zero-order valence-electron chi connectivity index (χ0n) is 17.2. The van der Waals surface area contributed by atoms with Crippen molar-refractivity contribution in [2.45, 2.75) is 26.3 Å². The molecular formula is C25H27ClN3O+. The lowest BCUT2D eigenvalue weighted by molar-refractivity contribution is -0.919. The van der Waals surface area contributed by atoms with Gasteiger partial charge in [-0.2, -0.15) is 5.10 Å². The molecule has 0 atom stereocenters. The van der Waals surface area contributed by atoms with E-state index in [1.165, 1.54) is 21.2 Å². The molecule has 5 heteroatoms. The number of halogens is 1. The molecule has 1 aliphatic heterocycles. The second kappa shape index (κ2) is 9.41. The Morgan fingerprint density at radius 3 is 2.47 bits per heavy atom. The van der Waals surface area contributed by atoms with Crippen LogP contribution in [0.2, 0.25) is 5.02 Å². The van der Waals surface area contributed by atoms with Gasteiger partial charge in [0, 0.05) is 23.4 Å². The third kappa shape index (κ3) is 5.07. The Balaban J connectivity index is 1.30. The number of benzene rings is 3. The quantitative estimate of drug-likeness (QED) is 0.478. The molecule has 0 bridgehead atoms. The van der Waals surface area contributed by atoms with Crippen LogP contribution in [0.3, 0.4) is 0 Å². The predicted octanol–water partition coefficient (Wildman–Crippen LogP) is 3.83. The van der Waals surface area contributed by atoms with Crippen molar-refractivity contribution in [1.29, 1.82) is 0 Å². The van der Waals surface area contributed by atoms with Crippen molar-refractivity contribution >= 4 is 34.0 Å². The summed E-state index contributed by atoms with van der Waals surface area (Å²) in [5.74, 6) is 0.0628.